The number of aliphatic imine (C=N–C) groups is 1. The largest absolute Gasteiger partial charge is 0.506 e. The van der Waals surface area contributed by atoms with Crippen molar-refractivity contribution >= 4 is 68.6 Å². The number of aryl methyl sites for hydroxylation is 1. The molecule has 0 spiro atoms. The van der Waals surface area contributed by atoms with E-state index in [4.69, 9.17) is 27.9 Å². The number of halogens is 2. The number of thioether (sulfide) groups is 1. The molecule has 3 aromatic carbocycles. The van der Waals surface area contributed by atoms with Gasteiger partial charge in [0.25, 0.3) is 0 Å². The molecular formula is C31H26Cl2N2O3S. The van der Waals surface area contributed by atoms with E-state index < -0.39 is 5.97 Å². The minimum atomic E-state index is -0.601. The highest BCUT2D eigenvalue weighted by molar-refractivity contribution is 8.18. The molecule has 8 heteroatoms. The molecule has 5 rings (SSSR count). The number of aliphatic hydroxyl groups excluding tert-OH is 1. The molecule has 0 amide bonds. The van der Waals surface area contributed by atoms with Crippen molar-refractivity contribution in [2.24, 2.45) is 4.99 Å². The van der Waals surface area contributed by atoms with Crippen molar-refractivity contribution in [1.82, 2.24) is 4.57 Å². The predicted octanol–water partition coefficient (Wildman–Crippen LogP) is 8.75. The number of esters is 1. The molecule has 1 aliphatic rings. The van der Waals surface area contributed by atoms with Gasteiger partial charge in [-0.2, -0.15) is 0 Å². The van der Waals surface area contributed by atoms with E-state index in [1.165, 1.54) is 17.3 Å². The summed E-state index contributed by atoms with van der Waals surface area (Å²) in [6.07, 6.45) is 4.82. The Bertz CT molecular complexity index is 1660. The van der Waals surface area contributed by atoms with Crippen molar-refractivity contribution in [2.45, 2.75) is 26.8 Å². The normalized spacial score (nSPS) is 15.6. The zero-order chi connectivity index (χ0) is 27.5. The SMILES string of the molecule is CCOC(=O)C1=C(O)/C(=C/c2cn(Cc3ccc(Cl)c(Cl)c3)c3c(CC)cccc23)SC1=Nc1ccccc1. The van der Waals surface area contributed by atoms with Crippen molar-refractivity contribution in [3.63, 3.8) is 0 Å². The summed E-state index contributed by atoms with van der Waals surface area (Å²) in [4.78, 5) is 18.0. The Balaban J connectivity index is 1.62. The third-order valence-corrected chi connectivity index (χ3v) is 8.13. The fraction of sp³-hybridized carbons (Fsp3) is 0.161. The van der Waals surface area contributed by atoms with Gasteiger partial charge in [-0.1, -0.05) is 84.4 Å². The number of ether oxygens (including phenoxy) is 1. The quantitative estimate of drug-likeness (QED) is 0.223. The van der Waals surface area contributed by atoms with Crippen LogP contribution in [0, 0.1) is 0 Å². The summed E-state index contributed by atoms with van der Waals surface area (Å²) >= 11 is 13.7. The van der Waals surface area contributed by atoms with Crippen molar-refractivity contribution in [1.29, 1.82) is 0 Å². The number of nitrogens with zero attached hydrogens (tertiary/aromatic N) is 2. The van der Waals surface area contributed by atoms with Gasteiger partial charge in [0, 0.05) is 23.7 Å². The second-order valence-corrected chi connectivity index (χ2v) is 10.8. The molecule has 0 unspecified atom stereocenters. The molecule has 1 N–H and O–H groups in total. The smallest absolute Gasteiger partial charge is 0.344 e. The van der Waals surface area contributed by atoms with Gasteiger partial charge in [-0.3, -0.25) is 0 Å². The molecule has 0 fully saturated rings. The standard InChI is InChI=1S/C31H26Cl2N2O3S/c1-3-20-9-8-12-23-21(18-35(28(20)23)17-19-13-14-24(32)25(33)15-19)16-26-29(36)27(31(37)38-4-2)30(39-26)34-22-10-6-5-7-11-22/h5-16,18,36H,3-4,17H2,1-2H3/b26-16-,34-30?. The molecule has 4 aromatic rings. The van der Waals surface area contributed by atoms with Gasteiger partial charge >= 0.3 is 5.97 Å². The zero-order valence-electron chi connectivity index (χ0n) is 21.4. The fourth-order valence-corrected chi connectivity index (χ4v) is 5.92. The van der Waals surface area contributed by atoms with Crippen molar-refractivity contribution in [2.75, 3.05) is 6.61 Å². The van der Waals surface area contributed by atoms with Crippen LogP contribution < -0.4 is 0 Å². The summed E-state index contributed by atoms with van der Waals surface area (Å²) in [7, 11) is 0. The van der Waals surface area contributed by atoms with Gasteiger partial charge in [0.15, 0.2) is 0 Å². The number of carbonyl (C=O) groups is 1. The van der Waals surface area contributed by atoms with Crippen molar-refractivity contribution < 1.29 is 14.6 Å². The fourth-order valence-electron chi connectivity index (χ4n) is 4.58. The summed E-state index contributed by atoms with van der Waals surface area (Å²) in [6, 6.07) is 21.2. The summed E-state index contributed by atoms with van der Waals surface area (Å²) in [5, 5.41) is 13.7. The Kier molecular flexibility index (Phi) is 8.17. The van der Waals surface area contributed by atoms with E-state index in [0.717, 1.165) is 28.5 Å². The number of fused-ring (bicyclic) bond motifs is 1. The highest BCUT2D eigenvalue weighted by Gasteiger charge is 2.33. The van der Waals surface area contributed by atoms with Crippen LogP contribution in [-0.2, 0) is 22.5 Å². The lowest BCUT2D eigenvalue weighted by atomic mass is 10.1. The number of hydrogen-bond donors (Lipinski definition) is 1. The molecule has 0 saturated heterocycles. The molecule has 1 aliphatic heterocycles. The van der Waals surface area contributed by atoms with Gasteiger partial charge in [0.05, 0.1) is 32.8 Å². The van der Waals surface area contributed by atoms with Gasteiger partial charge in [0.1, 0.15) is 16.4 Å². The lowest BCUT2D eigenvalue weighted by Gasteiger charge is -2.09. The monoisotopic (exact) mass is 576 g/mol. The minimum absolute atomic E-state index is 0.0748. The molecule has 1 aromatic heterocycles. The molecule has 198 valence electrons. The first-order valence-electron chi connectivity index (χ1n) is 12.6. The van der Waals surface area contributed by atoms with Gasteiger partial charge in [0.2, 0.25) is 0 Å². The summed E-state index contributed by atoms with van der Waals surface area (Å²) in [6.45, 7) is 4.65. The van der Waals surface area contributed by atoms with Crippen molar-refractivity contribution in [3.05, 3.63) is 116 Å². The van der Waals surface area contributed by atoms with E-state index in [2.05, 4.69) is 34.8 Å². The minimum Gasteiger partial charge on any atom is -0.506 e. The number of benzene rings is 3. The number of para-hydroxylation sites is 2. The molecule has 39 heavy (non-hydrogen) atoms. The first-order valence-corrected chi connectivity index (χ1v) is 14.2. The van der Waals surface area contributed by atoms with E-state index >= 15 is 0 Å². The maximum Gasteiger partial charge on any atom is 0.344 e. The van der Waals surface area contributed by atoms with Crippen LogP contribution in [0.1, 0.15) is 30.5 Å². The zero-order valence-corrected chi connectivity index (χ0v) is 23.8. The molecule has 0 saturated carbocycles. The maximum atomic E-state index is 12.8. The van der Waals surface area contributed by atoms with Gasteiger partial charge < -0.3 is 14.4 Å². The Morgan fingerprint density at radius 3 is 2.56 bits per heavy atom. The Morgan fingerprint density at radius 1 is 1.05 bits per heavy atom. The van der Waals surface area contributed by atoms with Crippen LogP contribution in [0.25, 0.3) is 17.0 Å². The van der Waals surface area contributed by atoms with Crippen LogP contribution in [0.3, 0.4) is 0 Å². The van der Waals surface area contributed by atoms with E-state index in [9.17, 15) is 9.90 Å². The highest BCUT2D eigenvalue weighted by atomic mass is 35.5. The molecule has 0 aliphatic carbocycles. The predicted molar refractivity (Wildman–Crippen MR) is 162 cm³/mol. The number of aromatic nitrogens is 1. The summed E-state index contributed by atoms with van der Waals surface area (Å²) in [5.41, 5.74) is 5.00. The topological polar surface area (TPSA) is 63.8 Å². The lowest BCUT2D eigenvalue weighted by molar-refractivity contribution is -0.138. The number of carbonyl (C=O) groups excluding carboxylic acids is 1. The van der Waals surface area contributed by atoms with Gasteiger partial charge in [-0.05, 0) is 54.8 Å². The second-order valence-electron chi connectivity index (χ2n) is 8.93. The molecule has 0 atom stereocenters. The van der Waals surface area contributed by atoms with Gasteiger partial charge in [-0.25, -0.2) is 9.79 Å². The van der Waals surface area contributed by atoms with E-state index in [1.807, 2.05) is 54.6 Å². The number of rotatable bonds is 7. The molecule has 0 bridgehead atoms. The number of aliphatic hydroxyl groups is 1. The van der Waals surface area contributed by atoms with Crippen LogP contribution in [0.15, 0.2) is 94.2 Å². The van der Waals surface area contributed by atoms with E-state index in [1.54, 1.807) is 13.0 Å². The lowest BCUT2D eigenvalue weighted by Crippen LogP contribution is -2.12. The highest BCUT2D eigenvalue weighted by Crippen LogP contribution is 2.41. The first kappa shape index (κ1) is 27.1. The third kappa shape index (κ3) is 5.64. The third-order valence-electron chi connectivity index (χ3n) is 6.37. The van der Waals surface area contributed by atoms with Crippen LogP contribution in [0.4, 0.5) is 5.69 Å². The Morgan fingerprint density at radius 2 is 1.85 bits per heavy atom. The molecular weight excluding hydrogens is 551 g/mol. The van der Waals surface area contributed by atoms with Crippen LogP contribution in [0.5, 0.6) is 0 Å². The number of hydrogen-bond acceptors (Lipinski definition) is 5. The molecule has 0 radical (unpaired) electrons. The van der Waals surface area contributed by atoms with Crippen LogP contribution in [-0.4, -0.2) is 27.3 Å². The Hall–Kier alpha value is -3.45. The van der Waals surface area contributed by atoms with E-state index in [0.29, 0.717) is 32.2 Å². The Labute approximate surface area is 241 Å². The summed E-state index contributed by atoms with van der Waals surface area (Å²) in [5.74, 6) is -0.735. The average Bonchev–Trinajstić information content (AvgIpc) is 3.43. The van der Waals surface area contributed by atoms with Crippen LogP contribution in [0.2, 0.25) is 10.0 Å². The molecule has 2 heterocycles. The van der Waals surface area contributed by atoms with Gasteiger partial charge in [-0.15, -0.1) is 0 Å². The van der Waals surface area contributed by atoms with E-state index in [-0.39, 0.29) is 17.9 Å². The van der Waals surface area contributed by atoms with Crippen LogP contribution >= 0.6 is 35.0 Å². The molecule has 5 nitrogen and oxygen atoms in total. The van der Waals surface area contributed by atoms with Crippen molar-refractivity contribution in [3.8, 4) is 0 Å². The second kappa shape index (κ2) is 11.7. The maximum absolute atomic E-state index is 12.8. The average molecular weight is 578 g/mol. The summed E-state index contributed by atoms with van der Waals surface area (Å²) < 4.78 is 7.44. The first-order chi connectivity index (χ1) is 18.9.